The number of carboxylic acids is 1. The van der Waals surface area contributed by atoms with Crippen molar-refractivity contribution in [2.45, 2.75) is 6.92 Å². The van der Waals surface area contributed by atoms with Gasteiger partial charge in [0.25, 0.3) is 0 Å². The average Bonchev–Trinajstić information content (AvgIpc) is 2.15. The first-order valence-corrected chi connectivity index (χ1v) is 4.35. The summed E-state index contributed by atoms with van der Waals surface area (Å²) in [6.07, 6.45) is 2.29. The van der Waals surface area contributed by atoms with Gasteiger partial charge in [-0.15, -0.1) is 0 Å². The Kier molecular flexibility index (Phi) is 6.72. The van der Waals surface area contributed by atoms with Crippen LogP contribution in [0.1, 0.15) is 12.5 Å². The van der Waals surface area contributed by atoms with Gasteiger partial charge in [-0.25, -0.2) is 0 Å². The first kappa shape index (κ1) is 14.9. The van der Waals surface area contributed by atoms with Gasteiger partial charge in [-0.05, 0) is 17.7 Å². The van der Waals surface area contributed by atoms with E-state index >= 15 is 0 Å². The van der Waals surface area contributed by atoms with E-state index in [4.69, 9.17) is 0 Å². The third kappa shape index (κ3) is 5.11. The first-order chi connectivity index (χ1) is 7.09. The van der Waals surface area contributed by atoms with Crippen molar-refractivity contribution in [3.8, 4) is 0 Å². The third-order valence-electron chi connectivity index (χ3n) is 1.67. The van der Waals surface area contributed by atoms with Gasteiger partial charge < -0.3 is 15.2 Å². The van der Waals surface area contributed by atoms with E-state index in [1.165, 1.54) is 13.0 Å². The van der Waals surface area contributed by atoms with Crippen LogP contribution in [0.5, 0.6) is 0 Å². The van der Waals surface area contributed by atoms with Crippen LogP contribution in [0.3, 0.4) is 0 Å². The minimum absolute atomic E-state index is 0. The van der Waals surface area contributed by atoms with Gasteiger partial charge in [0.1, 0.15) is 0 Å². The molecule has 0 unspecified atom stereocenters. The molecule has 4 nitrogen and oxygen atoms in total. The van der Waals surface area contributed by atoms with Crippen molar-refractivity contribution < 1.29 is 44.3 Å². The summed E-state index contributed by atoms with van der Waals surface area (Å²) in [5.41, 5.74) is 1.19. The Morgan fingerprint density at radius 2 is 1.94 bits per heavy atom. The molecule has 1 amide bonds. The molecular weight excluding hydrogens is 217 g/mol. The summed E-state index contributed by atoms with van der Waals surface area (Å²) in [6, 6.07) is 6.89. The molecule has 0 radical (unpaired) electrons. The van der Waals surface area contributed by atoms with Crippen molar-refractivity contribution in [3.63, 3.8) is 0 Å². The second-order valence-corrected chi connectivity index (χ2v) is 2.92. The van der Waals surface area contributed by atoms with Crippen LogP contribution in [0.2, 0.25) is 0 Å². The minimum atomic E-state index is -1.27. The summed E-state index contributed by atoms with van der Waals surface area (Å²) in [5, 5.41) is 12.8. The van der Waals surface area contributed by atoms with Crippen LogP contribution in [-0.4, -0.2) is 11.9 Å². The Labute approximate surface area is 116 Å². The van der Waals surface area contributed by atoms with E-state index in [-0.39, 0.29) is 35.5 Å². The number of benzene rings is 1. The molecule has 0 aliphatic rings. The van der Waals surface area contributed by atoms with Crippen molar-refractivity contribution in [2.24, 2.45) is 0 Å². The van der Waals surface area contributed by atoms with Gasteiger partial charge in [0.2, 0.25) is 5.91 Å². The van der Waals surface area contributed by atoms with Crippen LogP contribution in [-0.2, 0) is 9.59 Å². The molecule has 0 bridgehead atoms. The van der Waals surface area contributed by atoms with Gasteiger partial charge in [-0.1, -0.05) is 24.3 Å². The largest absolute Gasteiger partial charge is 1.00 e. The number of amides is 1. The van der Waals surface area contributed by atoms with E-state index in [0.29, 0.717) is 11.3 Å². The Bertz CT molecular complexity index is 415. The smallest absolute Gasteiger partial charge is 0.545 e. The maximum atomic E-state index is 10.8. The number of nitrogens with one attached hydrogen (secondary N) is 1. The van der Waals surface area contributed by atoms with Crippen LogP contribution in [0.15, 0.2) is 30.3 Å². The van der Waals surface area contributed by atoms with Gasteiger partial charge in [0, 0.05) is 12.6 Å². The number of carboxylic acid groups (broad SMARTS) is 1. The Morgan fingerprint density at radius 1 is 1.31 bits per heavy atom. The molecule has 0 aliphatic heterocycles. The predicted molar refractivity (Wildman–Crippen MR) is 54.8 cm³/mol. The van der Waals surface area contributed by atoms with E-state index in [9.17, 15) is 14.7 Å². The number of hydrogen-bond donors (Lipinski definition) is 1. The van der Waals surface area contributed by atoms with Crippen molar-refractivity contribution in [1.82, 2.24) is 0 Å². The van der Waals surface area contributed by atoms with Gasteiger partial charge in [-0.2, -0.15) is 0 Å². The quantitative estimate of drug-likeness (QED) is 0.455. The number of para-hydroxylation sites is 1. The van der Waals surface area contributed by atoms with Gasteiger partial charge in [0.05, 0.1) is 5.97 Å². The zero-order valence-corrected chi connectivity index (χ0v) is 11.2. The number of hydrogen-bond acceptors (Lipinski definition) is 3. The number of carbonyl (C=O) groups excluding carboxylic acids is 2. The summed E-state index contributed by atoms with van der Waals surface area (Å²) in [5.74, 6) is -1.48. The fourth-order valence-corrected chi connectivity index (χ4v) is 1.10. The topological polar surface area (TPSA) is 69.2 Å². The van der Waals surface area contributed by atoms with E-state index in [0.717, 1.165) is 6.08 Å². The second-order valence-electron chi connectivity index (χ2n) is 2.92. The molecule has 1 aromatic carbocycles. The van der Waals surface area contributed by atoms with Gasteiger partial charge in [0.15, 0.2) is 0 Å². The number of aliphatic carboxylic acids is 1. The zero-order chi connectivity index (χ0) is 11.3. The first-order valence-electron chi connectivity index (χ1n) is 4.35. The number of rotatable bonds is 3. The predicted octanol–water partition coefficient (Wildman–Crippen LogP) is -2.59. The monoisotopic (exact) mass is 227 g/mol. The molecule has 5 heteroatoms. The molecule has 16 heavy (non-hydrogen) atoms. The van der Waals surface area contributed by atoms with Crippen LogP contribution in [0.4, 0.5) is 5.69 Å². The summed E-state index contributed by atoms with van der Waals surface area (Å²) >= 11 is 0. The molecule has 78 valence electrons. The Hall–Kier alpha value is -1.10. The summed E-state index contributed by atoms with van der Waals surface area (Å²) in [7, 11) is 0. The molecule has 0 aliphatic carbocycles. The molecule has 1 N–H and O–H groups in total. The van der Waals surface area contributed by atoms with Gasteiger partial charge >= 0.3 is 29.6 Å². The standard InChI is InChI=1S/C11H11NO3.Na/c1-8(13)12-10-5-3-2-4-9(10)6-7-11(14)15;/h2-7H,1H3,(H,12,13)(H,14,15);/q;+1/p-1/b7-6+;. The summed E-state index contributed by atoms with van der Waals surface area (Å²) in [6.45, 7) is 1.39. The van der Waals surface area contributed by atoms with Gasteiger partial charge in [-0.3, -0.25) is 4.79 Å². The molecule has 1 aromatic rings. The van der Waals surface area contributed by atoms with Crippen LogP contribution in [0.25, 0.3) is 6.08 Å². The zero-order valence-electron chi connectivity index (χ0n) is 9.19. The Morgan fingerprint density at radius 3 is 2.50 bits per heavy atom. The normalized spacial score (nSPS) is 9.56. The number of carbonyl (C=O) groups is 2. The molecular formula is C11H10NNaO3. The summed E-state index contributed by atoms with van der Waals surface area (Å²) < 4.78 is 0. The summed E-state index contributed by atoms with van der Waals surface area (Å²) in [4.78, 5) is 21.1. The van der Waals surface area contributed by atoms with E-state index in [1.54, 1.807) is 24.3 Å². The molecule has 0 saturated carbocycles. The van der Waals surface area contributed by atoms with E-state index in [2.05, 4.69) is 5.32 Å². The molecule has 0 spiro atoms. The second kappa shape index (κ2) is 7.22. The average molecular weight is 227 g/mol. The minimum Gasteiger partial charge on any atom is -0.545 e. The SMILES string of the molecule is CC(=O)Nc1ccccc1/C=C/C(=O)[O-].[Na+]. The molecule has 0 saturated heterocycles. The molecule has 0 heterocycles. The fourth-order valence-electron chi connectivity index (χ4n) is 1.10. The molecule has 0 fully saturated rings. The number of anilines is 1. The van der Waals surface area contributed by atoms with Crippen molar-refractivity contribution in [2.75, 3.05) is 5.32 Å². The Balaban J connectivity index is 0.00000225. The molecule has 0 aromatic heterocycles. The van der Waals surface area contributed by atoms with E-state index in [1.807, 2.05) is 0 Å². The molecule has 1 rings (SSSR count). The third-order valence-corrected chi connectivity index (χ3v) is 1.67. The molecule has 0 atom stereocenters. The maximum Gasteiger partial charge on any atom is 1.00 e. The maximum absolute atomic E-state index is 10.8. The van der Waals surface area contributed by atoms with Crippen LogP contribution < -0.4 is 40.0 Å². The van der Waals surface area contributed by atoms with Crippen LogP contribution >= 0.6 is 0 Å². The van der Waals surface area contributed by atoms with Crippen LogP contribution in [0, 0.1) is 0 Å². The fraction of sp³-hybridized carbons (Fsp3) is 0.0909. The van der Waals surface area contributed by atoms with Crippen molar-refractivity contribution in [3.05, 3.63) is 35.9 Å². The van der Waals surface area contributed by atoms with E-state index < -0.39 is 5.97 Å². The van der Waals surface area contributed by atoms with Crippen molar-refractivity contribution in [1.29, 1.82) is 0 Å². The van der Waals surface area contributed by atoms with Crippen molar-refractivity contribution >= 4 is 23.6 Å².